The van der Waals surface area contributed by atoms with Crippen LogP contribution in [-0.4, -0.2) is 33.9 Å². The lowest BCUT2D eigenvalue weighted by atomic mass is 10.0. The fourth-order valence-corrected chi connectivity index (χ4v) is 3.91. The van der Waals surface area contributed by atoms with Gasteiger partial charge < -0.3 is 4.74 Å². The number of rotatable bonds is 5. The molecule has 4 aromatic rings. The maximum atomic E-state index is 13.5. The maximum Gasteiger partial charge on any atom is 0.355 e. The van der Waals surface area contributed by atoms with Crippen LogP contribution in [-0.2, 0) is 11.2 Å². The Balaban J connectivity index is 2.07. The molecule has 3 heterocycles. The quantitative estimate of drug-likeness (QED) is 0.348. The summed E-state index contributed by atoms with van der Waals surface area (Å²) in [6.45, 7) is 1.85. The van der Waals surface area contributed by atoms with Crippen molar-refractivity contribution in [2.24, 2.45) is 0 Å². The molecule has 0 N–H and O–H groups in total. The van der Waals surface area contributed by atoms with Crippen LogP contribution in [0, 0.1) is 6.92 Å². The van der Waals surface area contributed by atoms with Crippen LogP contribution >= 0.6 is 11.8 Å². The Morgan fingerprint density at radius 1 is 1.10 bits per heavy atom. The number of fused-ring (bicyclic) bond motifs is 1. The minimum absolute atomic E-state index is 0.179. The molecule has 0 aliphatic heterocycles. The molecule has 6 nitrogen and oxygen atoms in total. The van der Waals surface area contributed by atoms with Gasteiger partial charge in [0, 0.05) is 29.6 Å². The Kier molecular flexibility index (Phi) is 5.86. The molecule has 7 heteroatoms. The highest BCUT2D eigenvalue weighted by Crippen LogP contribution is 2.24. The van der Waals surface area contributed by atoms with Gasteiger partial charge in [-0.25, -0.2) is 14.8 Å². The molecule has 31 heavy (non-hydrogen) atoms. The van der Waals surface area contributed by atoms with Crippen LogP contribution in [0.1, 0.15) is 27.3 Å². The molecule has 4 rings (SSSR count). The number of aryl methyl sites for hydroxylation is 1. The lowest BCUT2D eigenvalue weighted by Gasteiger charge is -2.19. The van der Waals surface area contributed by atoms with Gasteiger partial charge in [0.2, 0.25) is 0 Å². The molecule has 0 fully saturated rings. The lowest BCUT2D eigenvalue weighted by Crippen LogP contribution is -2.25. The number of hydrogen-bond donors (Lipinski definition) is 0. The zero-order valence-corrected chi connectivity index (χ0v) is 18.3. The number of carbonyl (C=O) groups is 1. The molecular weight excluding hydrogens is 410 g/mol. The number of methoxy groups -OCH3 is 1. The summed E-state index contributed by atoms with van der Waals surface area (Å²) in [7, 11) is 1.31. The lowest BCUT2D eigenvalue weighted by molar-refractivity contribution is 0.0590. The molecule has 0 aliphatic carbocycles. The van der Waals surface area contributed by atoms with E-state index in [1.54, 1.807) is 34.7 Å². The maximum absolute atomic E-state index is 13.5. The molecule has 0 unspecified atom stereocenters. The van der Waals surface area contributed by atoms with Crippen LogP contribution in [0.5, 0.6) is 0 Å². The van der Waals surface area contributed by atoms with Crippen LogP contribution < -0.4 is 5.43 Å². The van der Waals surface area contributed by atoms with E-state index in [0.29, 0.717) is 16.6 Å². The van der Waals surface area contributed by atoms with Crippen LogP contribution in [0.2, 0.25) is 0 Å². The molecule has 0 saturated heterocycles. The van der Waals surface area contributed by atoms with E-state index < -0.39 is 5.97 Å². The summed E-state index contributed by atoms with van der Waals surface area (Å²) in [6, 6.07) is 16.8. The number of ether oxygens (including phenoxy) is 1. The van der Waals surface area contributed by atoms with Gasteiger partial charge in [0.15, 0.2) is 5.43 Å². The number of thioether (sulfide) groups is 1. The molecule has 0 saturated carbocycles. The van der Waals surface area contributed by atoms with E-state index >= 15 is 0 Å². The number of aromatic nitrogens is 3. The summed E-state index contributed by atoms with van der Waals surface area (Å²) < 4.78 is 6.82. The molecule has 0 aliphatic rings. The fraction of sp³-hybridized carbons (Fsp3) is 0.167. The minimum atomic E-state index is -0.588. The van der Waals surface area contributed by atoms with Crippen molar-refractivity contribution >= 4 is 28.8 Å². The third kappa shape index (κ3) is 3.96. The summed E-state index contributed by atoms with van der Waals surface area (Å²) in [6.07, 6.45) is 3.94. The second-order valence-corrected chi connectivity index (χ2v) is 7.85. The molecule has 0 amide bonds. The van der Waals surface area contributed by atoms with Crippen LogP contribution in [0.4, 0.5) is 0 Å². The summed E-state index contributed by atoms with van der Waals surface area (Å²) in [5.41, 5.74) is 3.03. The first-order valence-corrected chi connectivity index (χ1v) is 10.9. The van der Waals surface area contributed by atoms with Crippen LogP contribution in [0.15, 0.2) is 70.6 Å². The predicted molar refractivity (Wildman–Crippen MR) is 122 cm³/mol. The van der Waals surface area contributed by atoms with Gasteiger partial charge in [0.25, 0.3) is 0 Å². The Labute approximate surface area is 183 Å². The van der Waals surface area contributed by atoms with Crippen LogP contribution in [0.25, 0.3) is 16.7 Å². The molecule has 3 aromatic heterocycles. The van der Waals surface area contributed by atoms with Crippen LogP contribution in [0.3, 0.4) is 0 Å². The SMILES string of the molecule is COC(=O)c1c(Cc2ccc(SC)nc2)c(=O)c2ccc(C)nc2n1-c1ccccc1. The number of esters is 1. The Morgan fingerprint density at radius 2 is 1.87 bits per heavy atom. The number of nitrogens with zero attached hydrogens (tertiary/aromatic N) is 3. The zero-order chi connectivity index (χ0) is 22.0. The summed E-state index contributed by atoms with van der Waals surface area (Å²) in [5, 5.41) is 1.34. The van der Waals surface area contributed by atoms with Crippen molar-refractivity contribution in [3.63, 3.8) is 0 Å². The van der Waals surface area contributed by atoms with Gasteiger partial charge in [-0.2, -0.15) is 0 Å². The number of benzene rings is 1. The van der Waals surface area contributed by atoms with E-state index in [0.717, 1.165) is 22.0 Å². The standard InChI is InChI=1S/C24H21N3O3S/c1-15-9-11-18-22(28)19(13-16-10-12-20(31-3)25-14-16)21(24(29)30-2)27(23(18)26-15)17-7-5-4-6-8-17/h4-12,14H,13H2,1-3H3. The van der Waals surface area contributed by atoms with Crippen molar-refractivity contribution in [2.45, 2.75) is 18.4 Å². The van der Waals surface area contributed by atoms with E-state index in [4.69, 9.17) is 4.74 Å². The largest absolute Gasteiger partial charge is 0.464 e. The van der Waals surface area contributed by atoms with Gasteiger partial charge in [0.05, 0.1) is 17.5 Å². The fourth-order valence-electron chi connectivity index (χ4n) is 3.55. The third-order valence-electron chi connectivity index (χ3n) is 5.04. The van der Waals surface area contributed by atoms with Crippen molar-refractivity contribution in [3.8, 4) is 5.69 Å². The monoisotopic (exact) mass is 431 g/mol. The molecule has 0 spiro atoms. The Bertz CT molecular complexity index is 1320. The summed E-state index contributed by atoms with van der Waals surface area (Å²) in [4.78, 5) is 35.5. The van der Waals surface area contributed by atoms with Gasteiger partial charge in [-0.3, -0.25) is 9.36 Å². The Morgan fingerprint density at radius 3 is 2.52 bits per heavy atom. The average molecular weight is 432 g/mol. The number of carbonyl (C=O) groups excluding carboxylic acids is 1. The van der Waals surface area contributed by atoms with E-state index in [1.807, 2.05) is 55.6 Å². The first-order valence-electron chi connectivity index (χ1n) is 9.71. The second-order valence-electron chi connectivity index (χ2n) is 7.03. The number of para-hydroxylation sites is 1. The van der Waals surface area contributed by atoms with Crippen molar-refractivity contribution in [1.29, 1.82) is 0 Å². The van der Waals surface area contributed by atoms with E-state index in [-0.39, 0.29) is 17.5 Å². The first kappa shape index (κ1) is 20.8. The normalized spacial score (nSPS) is 10.9. The average Bonchev–Trinajstić information content (AvgIpc) is 2.81. The molecule has 0 bridgehead atoms. The highest BCUT2D eigenvalue weighted by atomic mass is 32.2. The smallest absolute Gasteiger partial charge is 0.355 e. The molecule has 1 aromatic carbocycles. The van der Waals surface area contributed by atoms with E-state index in [9.17, 15) is 9.59 Å². The molecule has 156 valence electrons. The highest BCUT2D eigenvalue weighted by molar-refractivity contribution is 7.98. The van der Waals surface area contributed by atoms with Gasteiger partial charge >= 0.3 is 5.97 Å². The summed E-state index contributed by atoms with van der Waals surface area (Å²) >= 11 is 1.54. The third-order valence-corrected chi connectivity index (χ3v) is 5.69. The van der Waals surface area contributed by atoms with Crippen molar-refractivity contribution < 1.29 is 9.53 Å². The van der Waals surface area contributed by atoms with Gasteiger partial charge in [-0.15, -0.1) is 11.8 Å². The minimum Gasteiger partial charge on any atom is -0.464 e. The van der Waals surface area contributed by atoms with Crippen molar-refractivity contribution in [3.05, 3.63) is 93.5 Å². The second kappa shape index (κ2) is 8.73. The van der Waals surface area contributed by atoms with E-state index in [2.05, 4.69) is 9.97 Å². The molecule has 0 atom stereocenters. The Hall–Kier alpha value is -3.45. The van der Waals surface area contributed by atoms with Gasteiger partial charge in [-0.1, -0.05) is 24.3 Å². The molecule has 0 radical (unpaired) electrons. The predicted octanol–water partition coefficient (Wildman–Crippen LogP) is 4.19. The number of hydrogen-bond acceptors (Lipinski definition) is 6. The zero-order valence-electron chi connectivity index (χ0n) is 17.5. The topological polar surface area (TPSA) is 74.1 Å². The van der Waals surface area contributed by atoms with Gasteiger partial charge in [-0.05, 0) is 49.1 Å². The van der Waals surface area contributed by atoms with E-state index in [1.165, 1.54) is 7.11 Å². The van der Waals surface area contributed by atoms with Crippen molar-refractivity contribution in [1.82, 2.24) is 14.5 Å². The van der Waals surface area contributed by atoms with Gasteiger partial charge in [0.1, 0.15) is 11.3 Å². The number of pyridine rings is 3. The first-order chi connectivity index (χ1) is 15.0. The van der Waals surface area contributed by atoms with Crippen molar-refractivity contribution in [2.75, 3.05) is 13.4 Å². The molecular formula is C24H21N3O3S. The highest BCUT2D eigenvalue weighted by Gasteiger charge is 2.25. The summed E-state index contributed by atoms with van der Waals surface area (Å²) in [5.74, 6) is -0.588.